The fourth-order valence-electron chi connectivity index (χ4n) is 2.12. The van der Waals surface area contributed by atoms with Crippen LogP contribution in [0.1, 0.15) is 28.9 Å². The van der Waals surface area contributed by atoms with Crippen molar-refractivity contribution in [1.82, 2.24) is 5.32 Å². The van der Waals surface area contributed by atoms with Gasteiger partial charge in [-0.1, -0.05) is 34.1 Å². The lowest BCUT2D eigenvalue weighted by atomic mass is 10.1. The van der Waals surface area contributed by atoms with Gasteiger partial charge < -0.3 is 15.8 Å². The van der Waals surface area contributed by atoms with Gasteiger partial charge in [0.25, 0.3) is 5.91 Å². The molecule has 3 N–H and O–H groups in total. The third-order valence-electron chi connectivity index (χ3n) is 3.21. The number of benzene rings is 2. The van der Waals surface area contributed by atoms with E-state index in [1.54, 1.807) is 25.3 Å². The summed E-state index contributed by atoms with van der Waals surface area (Å²) in [4.78, 5) is 12.3. The van der Waals surface area contributed by atoms with Crippen molar-refractivity contribution in [3.63, 3.8) is 0 Å². The number of nitrogens with one attached hydrogen (secondary N) is 1. The van der Waals surface area contributed by atoms with Crippen molar-refractivity contribution in [3.8, 4) is 5.75 Å². The third-order valence-corrected chi connectivity index (χ3v) is 3.70. The molecule has 2 rings (SSSR count). The molecule has 21 heavy (non-hydrogen) atoms. The van der Waals surface area contributed by atoms with Gasteiger partial charge in [-0.3, -0.25) is 4.79 Å². The number of ether oxygens (including phenoxy) is 1. The number of nitrogen functional groups attached to an aromatic ring is 1. The minimum absolute atomic E-state index is 0.184. The Hall–Kier alpha value is -2.01. The van der Waals surface area contributed by atoms with Crippen LogP contribution in [-0.4, -0.2) is 13.0 Å². The summed E-state index contributed by atoms with van der Waals surface area (Å²) in [7, 11) is 1.61. The molecule has 0 bridgehead atoms. The van der Waals surface area contributed by atoms with Crippen LogP contribution in [-0.2, 0) is 0 Å². The summed E-state index contributed by atoms with van der Waals surface area (Å²) in [5.41, 5.74) is 7.69. The molecule has 0 fully saturated rings. The molecule has 0 heterocycles. The largest absolute Gasteiger partial charge is 0.496 e. The highest BCUT2D eigenvalue weighted by Crippen LogP contribution is 2.25. The summed E-state index contributed by atoms with van der Waals surface area (Å²) < 4.78 is 6.15. The van der Waals surface area contributed by atoms with E-state index in [0.29, 0.717) is 11.3 Å². The molecule has 0 saturated carbocycles. The number of nitrogens with two attached hydrogens (primary N) is 1. The van der Waals surface area contributed by atoms with Crippen LogP contribution in [0.4, 0.5) is 5.69 Å². The molecule has 0 aliphatic carbocycles. The van der Waals surface area contributed by atoms with Crippen LogP contribution in [0, 0.1) is 0 Å². The minimum Gasteiger partial charge on any atom is -0.496 e. The van der Waals surface area contributed by atoms with Gasteiger partial charge in [-0.05, 0) is 31.2 Å². The van der Waals surface area contributed by atoms with Crippen LogP contribution in [0.25, 0.3) is 0 Å². The number of carbonyl (C=O) groups is 1. The highest BCUT2D eigenvalue weighted by Gasteiger charge is 2.16. The van der Waals surface area contributed by atoms with Crippen molar-refractivity contribution in [3.05, 3.63) is 58.1 Å². The van der Waals surface area contributed by atoms with Crippen molar-refractivity contribution in [1.29, 1.82) is 0 Å². The van der Waals surface area contributed by atoms with E-state index in [9.17, 15) is 4.79 Å². The van der Waals surface area contributed by atoms with Crippen molar-refractivity contribution in [2.75, 3.05) is 12.8 Å². The first-order valence-corrected chi connectivity index (χ1v) is 7.31. The maximum absolute atomic E-state index is 12.3. The fraction of sp³-hybridized carbons (Fsp3) is 0.188. The zero-order chi connectivity index (χ0) is 15.4. The van der Waals surface area contributed by atoms with Gasteiger partial charge in [0, 0.05) is 15.7 Å². The summed E-state index contributed by atoms with van der Waals surface area (Å²) >= 11 is 3.32. The van der Waals surface area contributed by atoms with Crippen LogP contribution in [0.15, 0.2) is 46.9 Å². The quantitative estimate of drug-likeness (QED) is 0.830. The number of amides is 1. The topological polar surface area (TPSA) is 64.3 Å². The Labute approximate surface area is 132 Å². The lowest BCUT2D eigenvalue weighted by Gasteiger charge is -2.17. The molecule has 1 amide bonds. The smallest absolute Gasteiger partial charge is 0.253 e. The molecule has 110 valence electrons. The Kier molecular flexibility index (Phi) is 4.85. The molecule has 2 aromatic carbocycles. The first kappa shape index (κ1) is 15.4. The molecule has 0 aliphatic heterocycles. The van der Waals surface area contributed by atoms with Crippen molar-refractivity contribution in [2.24, 2.45) is 0 Å². The van der Waals surface area contributed by atoms with Crippen LogP contribution in [0.5, 0.6) is 5.75 Å². The maximum atomic E-state index is 12.3. The number of hydrogen-bond acceptors (Lipinski definition) is 3. The van der Waals surface area contributed by atoms with E-state index in [-0.39, 0.29) is 11.9 Å². The molecule has 4 nitrogen and oxygen atoms in total. The Bertz CT molecular complexity index is 658. The molecule has 5 heteroatoms. The van der Waals surface area contributed by atoms with Gasteiger partial charge in [0.15, 0.2) is 0 Å². The highest BCUT2D eigenvalue weighted by molar-refractivity contribution is 9.10. The average Bonchev–Trinajstić information content (AvgIpc) is 2.46. The van der Waals surface area contributed by atoms with Gasteiger partial charge in [0.05, 0.1) is 18.7 Å². The minimum atomic E-state index is -0.210. The number of halogens is 1. The van der Waals surface area contributed by atoms with Gasteiger partial charge in [0.2, 0.25) is 0 Å². The average molecular weight is 349 g/mol. The molecule has 0 aromatic heterocycles. The highest BCUT2D eigenvalue weighted by atomic mass is 79.9. The summed E-state index contributed by atoms with van der Waals surface area (Å²) in [6, 6.07) is 12.6. The lowest BCUT2D eigenvalue weighted by Crippen LogP contribution is -2.27. The summed E-state index contributed by atoms with van der Waals surface area (Å²) in [5, 5.41) is 2.93. The van der Waals surface area contributed by atoms with Crippen LogP contribution in [0.3, 0.4) is 0 Å². The molecular formula is C16H17BrN2O2. The van der Waals surface area contributed by atoms with E-state index in [0.717, 1.165) is 15.8 Å². The number of hydrogen-bond donors (Lipinski definition) is 2. The number of anilines is 1. The molecule has 1 atom stereocenters. The zero-order valence-corrected chi connectivity index (χ0v) is 13.5. The molecule has 0 unspecified atom stereocenters. The van der Waals surface area contributed by atoms with E-state index >= 15 is 0 Å². The van der Waals surface area contributed by atoms with E-state index in [1.165, 1.54) is 0 Å². The third kappa shape index (κ3) is 3.55. The van der Waals surface area contributed by atoms with Crippen molar-refractivity contribution >= 4 is 27.5 Å². The Morgan fingerprint density at radius 3 is 2.67 bits per heavy atom. The Morgan fingerprint density at radius 2 is 2.00 bits per heavy atom. The predicted octanol–water partition coefficient (Wildman–Crippen LogP) is 3.53. The molecule has 0 spiro atoms. The molecule has 0 radical (unpaired) electrons. The monoisotopic (exact) mass is 348 g/mol. The summed E-state index contributed by atoms with van der Waals surface area (Å²) in [5.74, 6) is 0.535. The van der Waals surface area contributed by atoms with Crippen molar-refractivity contribution in [2.45, 2.75) is 13.0 Å². The summed E-state index contributed by atoms with van der Waals surface area (Å²) in [6.07, 6.45) is 0. The lowest BCUT2D eigenvalue weighted by molar-refractivity contribution is 0.0940. The second-order valence-corrected chi connectivity index (χ2v) is 5.58. The van der Waals surface area contributed by atoms with Crippen LogP contribution in [0.2, 0.25) is 0 Å². The molecule has 2 aromatic rings. The second kappa shape index (κ2) is 6.63. The SMILES string of the molecule is COc1ccccc1[C@H](C)NC(=O)c1ccc(Br)cc1N. The number of para-hydroxylation sites is 1. The Balaban J connectivity index is 2.19. The van der Waals surface area contributed by atoms with E-state index in [1.807, 2.05) is 31.2 Å². The number of rotatable bonds is 4. The maximum Gasteiger partial charge on any atom is 0.253 e. The van der Waals surface area contributed by atoms with E-state index < -0.39 is 0 Å². The standard InChI is InChI=1S/C16H17BrN2O2/c1-10(12-5-3-4-6-15(12)21-2)19-16(20)13-8-7-11(17)9-14(13)18/h3-10H,18H2,1-2H3,(H,19,20)/t10-/m0/s1. The number of carbonyl (C=O) groups excluding carboxylic acids is 1. The first-order valence-electron chi connectivity index (χ1n) is 6.51. The summed E-state index contributed by atoms with van der Waals surface area (Å²) in [6.45, 7) is 1.91. The van der Waals surface area contributed by atoms with Crippen LogP contribution >= 0.6 is 15.9 Å². The van der Waals surface area contributed by atoms with Gasteiger partial charge in [-0.15, -0.1) is 0 Å². The normalized spacial score (nSPS) is 11.8. The zero-order valence-electron chi connectivity index (χ0n) is 11.9. The fourth-order valence-corrected chi connectivity index (χ4v) is 2.50. The van der Waals surface area contributed by atoms with Gasteiger partial charge in [-0.25, -0.2) is 0 Å². The van der Waals surface area contributed by atoms with Crippen LogP contribution < -0.4 is 15.8 Å². The van der Waals surface area contributed by atoms with Crippen molar-refractivity contribution < 1.29 is 9.53 Å². The van der Waals surface area contributed by atoms with Gasteiger partial charge >= 0.3 is 0 Å². The molecule has 0 saturated heterocycles. The van der Waals surface area contributed by atoms with E-state index in [2.05, 4.69) is 21.2 Å². The first-order chi connectivity index (χ1) is 10.0. The van der Waals surface area contributed by atoms with Gasteiger partial charge in [-0.2, -0.15) is 0 Å². The molecular weight excluding hydrogens is 332 g/mol. The Morgan fingerprint density at radius 1 is 1.29 bits per heavy atom. The van der Waals surface area contributed by atoms with E-state index in [4.69, 9.17) is 10.5 Å². The second-order valence-electron chi connectivity index (χ2n) is 4.67. The number of methoxy groups -OCH3 is 1. The predicted molar refractivity (Wildman–Crippen MR) is 87.4 cm³/mol. The molecule has 0 aliphatic rings. The van der Waals surface area contributed by atoms with Gasteiger partial charge in [0.1, 0.15) is 5.75 Å².